The number of anilines is 1. The van der Waals surface area contributed by atoms with Crippen LogP contribution in [0.15, 0.2) is 42.5 Å². The van der Waals surface area contributed by atoms with Crippen LogP contribution in [-0.2, 0) is 0 Å². The molecule has 6 nitrogen and oxygen atoms in total. The van der Waals surface area contributed by atoms with Gasteiger partial charge in [-0.1, -0.05) is 29.8 Å². The van der Waals surface area contributed by atoms with Gasteiger partial charge >= 0.3 is 0 Å². The standard InChI is InChI=1S/C21H22ClN5O/c22-19-11-17(14-7-9-23-10-8-14)21(26-25-19)28-16-12-27(13-16)20-6-5-15-3-1-2-4-18(15)24-20/h1-6,11,14,16,23H,7-10,12-13H2. The van der Waals surface area contributed by atoms with Crippen LogP contribution in [0.5, 0.6) is 5.88 Å². The van der Waals surface area contributed by atoms with Gasteiger partial charge in [-0.05, 0) is 56.1 Å². The zero-order valence-electron chi connectivity index (χ0n) is 15.5. The number of rotatable bonds is 4. The fourth-order valence-electron chi connectivity index (χ4n) is 3.98. The molecule has 0 amide bonds. The molecule has 28 heavy (non-hydrogen) atoms. The van der Waals surface area contributed by atoms with Gasteiger partial charge in [0.1, 0.15) is 11.9 Å². The van der Waals surface area contributed by atoms with E-state index < -0.39 is 0 Å². The molecule has 5 rings (SSSR count). The third kappa shape index (κ3) is 3.50. The highest BCUT2D eigenvalue weighted by Crippen LogP contribution is 2.34. The van der Waals surface area contributed by atoms with Crippen LogP contribution in [0.1, 0.15) is 24.3 Å². The molecule has 2 saturated heterocycles. The maximum atomic E-state index is 6.21. The third-order valence-electron chi connectivity index (χ3n) is 5.57. The predicted octanol–water partition coefficient (Wildman–Crippen LogP) is 3.41. The largest absolute Gasteiger partial charge is 0.469 e. The van der Waals surface area contributed by atoms with E-state index in [4.69, 9.17) is 21.3 Å². The van der Waals surface area contributed by atoms with Crippen molar-refractivity contribution in [2.45, 2.75) is 24.9 Å². The van der Waals surface area contributed by atoms with E-state index in [2.05, 4.69) is 38.6 Å². The summed E-state index contributed by atoms with van der Waals surface area (Å²) in [5.74, 6) is 2.04. The molecule has 0 unspecified atom stereocenters. The molecule has 0 radical (unpaired) electrons. The average molecular weight is 396 g/mol. The van der Waals surface area contributed by atoms with E-state index in [1.165, 1.54) is 0 Å². The number of para-hydroxylation sites is 1. The quantitative estimate of drug-likeness (QED) is 0.730. The van der Waals surface area contributed by atoms with E-state index in [0.717, 1.165) is 61.3 Å². The summed E-state index contributed by atoms with van der Waals surface area (Å²) in [7, 11) is 0. The highest BCUT2D eigenvalue weighted by atomic mass is 35.5. The van der Waals surface area contributed by atoms with Gasteiger partial charge in [-0.25, -0.2) is 4.98 Å². The van der Waals surface area contributed by atoms with E-state index >= 15 is 0 Å². The number of nitrogens with zero attached hydrogens (tertiary/aromatic N) is 4. The summed E-state index contributed by atoms with van der Waals surface area (Å²) in [6, 6.07) is 14.3. The maximum Gasteiger partial charge on any atom is 0.237 e. The fourth-order valence-corrected chi connectivity index (χ4v) is 4.13. The minimum atomic E-state index is 0.0872. The van der Waals surface area contributed by atoms with Crippen LogP contribution in [0.3, 0.4) is 0 Å². The van der Waals surface area contributed by atoms with Crippen molar-refractivity contribution < 1.29 is 4.74 Å². The molecule has 0 atom stereocenters. The van der Waals surface area contributed by atoms with Crippen molar-refractivity contribution in [3.05, 3.63) is 53.2 Å². The normalized spacial score (nSPS) is 18.2. The molecule has 0 saturated carbocycles. The first-order valence-electron chi connectivity index (χ1n) is 9.77. The highest BCUT2D eigenvalue weighted by Gasteiger charge is 2.32. The van der Waals surface area contributed by atoms with Gasteiger partial charge in [-0.2, -0.15) is 0 Å². The molecule has 2 aliphatic heterocycles. The van der Waals surface area contributed by atoms with Gasteiger partial charge < -0.3 is 15.0 Å². The Kier molecular flexibility index (Phi) is 4.74. The molecule has 2 fully saturated rings. The van der Waals surface area contributed by atoms with Gasteiger partial charge in [0.05, 0.1) is 18.6 Å². The molecule has 1 aromatic carbocycles. The number of ether oxygens (including phenoxy) is 1. The molecule has 0 bridgehead atoms. The number of fused-ring (bicyclic) bond motifs is 1. The molecule has 4 heterocycles. The number of halogens is 1. The number of pyridine rings is 1. The average Bonchev–Trinajstić information content (AvgIpc) is 2.71. The van der Waals surface area contributed by atoms with Gasteiger partial charge in [0.15, 0.2) is 5.15 Å². The number of benzene rings is 1. The van der Waals surface area contributed by atoms with Crippen LogP contribution in [-0.4, -0.2) is 47.5 Å². The number of piperidine rings is 1. The Morgan fingerprint density at radius 1 is 1.04 bits per heavy atom. The van der Waals surface area contributed by atoms with E-state index in [1.54, 1.807) is 0 Å². The van der Waals surface area contributed by atoms with Crippen LogP contribution in [0, 0.1) is 0 Å². The van der Waals surface area contributed by atoms with Gasteiger partial charge in [0, 0.05) is 10.9 Å². The van der Waals surface area contributed by atoms with Crippen molar-refractivity contribution in [2.24, 2.45) is 0 Å². The molecule has 1 N–H and O–H groups in total. The van der Waals surface area contributed by atoms with Gasteiger partial charge in [-0.15, -0.1) is 10.2 Å². The van der Waals surface area contributed by atoms with E-state index in [0.29, 0.717) is 17.0 Å². The second-order valence-corrected chi connectivity index (χ2v) is 7.85. The lowest BCUT2D eigenvalue weighted by molar-refractivity contribution is 0.155. The lowest BCUT2D eigenvalue weighted by Gasteiger charge is -2.40. The summed E-state index contributed by atoms with van der Waals surface area (Å²) < 4.78 is 6.21. The first-order valence-corrected chi connectivity index (χ1v) is 10.2. The Morgan fingerprint density at radius 2 is 1.86 bits per heavy atom. The Balaban J connectivity index is 1.28. The first kappa shape index (κ1) is 17.6. The molecular weight excluding hydrogens is 374 g/mol. The molecule has 0 aliphatic carbocycles. The minimum Gasteiger partial charge on any atom is -0.469 e. The van der Waals surface area contributed by atoms with Crippen LogP contribution in [0.4, 0.5) is 5.82 Å². The van der Waals surface area contributed by atoms with E-state index in [-0.39, 0.29) is 6.10 Å². The van der Waals surface area contributed by atoms with Crippen molar-refractivity contribution in [3.63, 3.8) is 0 Å². The third-order valence-corrected chi connectivity index (χ3v) is 5.76. The zero-order chi connectivity index (χ0) is 18.9. The highest BCUT2D eigenvalue weighted by molar-refractivity contribution is 6.29. The van der Waals surface area contributed by atoms with Crippen molar-refractivity contribution in [2.75, 3.05) is 31.1 Å². The van der Waals surface area contributed by atoms with Crippen molar-refractivity contribution >= 4 is 28.3 Å². The molecule has 144 valence electrons. The number of nitrogens with one attached hydrogen (secondary N) is 1. The summed E-state index contributed by atoms with van der Waals surface area (Å²) in [5, 5.41) is 13.2. The molecule has 0 spiro atoms. The summed E-state index contributed by atoms with van der Waals surface area (Å²) in [4.78, 5) is 6.99. The van der Waals surface area contributed by atoms with Crippen molar-refractivity contribution in [1.82, 2.24) is 20.5 Å². The summed E-state index contributed by atoms with van der Waals surface area (Å²) in [6.07, 6.45) is 2.22. The lowest BCUT2D eigenvalue weighted by atomic mass is 9.91. The summed E-state index contributed by atoms with van der Waals surface area (Å²) >= 11 is 6.11. The van der Waals surface area contributed by atoms with Gasteiger partial charge in [-0.3, -0.25) is 0 Å². The smallest absolute Gasteiger partial charge is 0.237 e. The predicted molar refractivity (Wildman–Crippen MR) is 110 cm³/mol. The molecule has 2 aliphatic rings. The molecule has 3 aromatic rings. The van der Waals surface area contributed by atoms with Crippen LogP contribution >= 0.6 is 11.6 Å². The van der Waals surface area contributed by atoms with Crippen LogP contribution in [0.2, 0.25) is 5.15 Å². The SMILES string of the molecule is Clc1cc(C2CCNCC2)c(OC2CN(c3ccc4ccccc4n3)C2)nn1. The number of hydrogen-bond acceptors (Lipinski definition) is 6. The van der Waals surface area contributed by atoms with Crippen molar-refractivity contribution in [1.29, 1.82) is 0 Å². The number of aromatic nitrogens is 3. The van der Waals surface area contributed by atoms with E-state index in [1.807, 2.05) is 24.3 Å². The topological polar surface area (TPSA) is 63.2 Å². The van der Waals surface area contributed by atoms with Crippen LogP contribution in [0.25, 0.3) is 10.9 Å². The fraction of sp³-hybridized carbons (Fsp3) is 0.381. The van der Waals surface area contributed by atoms with Crippen LogP contribution < -0.4 is 15.0 Å². The van der Waals surface area contributed by atoms with Gasteiger partial charge in [0.25, 0.3) is 0 Å². The lowest BCUT2D eigenvalue weighted by Crippen LogP contribution is -2.54. The molecule has 7 heteroatoms. The Bertz CT molecular complexity index is 985. The zero-order valence-corrected chi connectivity index (χ0v) is 16.3. The second-order valence-electron chi connectivity index (χ2n) is 7.46. The minimum absolute atomic E-state index is 0.0872. The summed E-state index contributed by atoms with van der Waals surface area (Å²) in [5.41, 5.74) is 2.10. The van der Waals surface area contributed by atoms with E-state index in [9.17, 15) is 0 Å². The Labute approximate surface area is 168 Å². The molecular formula is C21H22ClN5O. The second kappa shape index (κ2) is 7.53. The van der Waals surface area contributed by atoms with Gasteiger partial charge in [0.2, 0.25) is 5.88 Å². The maximum absolute atomic E-state index is 6.21. The first-order chi connectivity index (χ1) is 13.8. The number of hydrogen-bond donors (Lipinski definition) is 1. The molecule has 2 aromatic heterocycles. The van der Waals surface area contributed by atoms with Crippen molar-refractivity contribution in [3.8, 4) is 5.88 Å². The summed E-state index contributed by atoms with van der Waals surface area (Å²) in [6.45, 7) is 3.60. The monoisotopic (exact) mass is 395 g/mol. The Hall–Kier alpha value is -2.44. The Morgan fingerprint density at radius 3 is 2.71 bits per heavy atom.